The first-order valence-corrected chi connectivity index (χ1v) is 5.85. The van der Waals surface area contributed by atoms with Gasteiger partial charge in [-0.1, -0.05) is 27.2 Å². The molecule has 0 bridgehead atoms. The van der Waals surface area contributed by atoms with Crippen LogP contribution in [0.3, 0.4) is 0 Å². The molecule has 13 heavy (non-hydrogen) atoms. The van der Waals surface area contributed by atoms with Crippen LogP contribution in [0.2, 0.25) is 0 Å². The second-order valence-electron chi connectivity index (χ2n) is 5.18. The molecule has 0 aliphatic heterocycles. The van der Waals surface area contributed by atoms with Crippen LogP contribution < -0.4 is 5.32 Å². The fourth-order valence-electron chi connectivity index (χ4n) is 1.63. The van der Waals surface area contributed by atoms with Crippen LogP contribution >= 0.6 is 0 Å². The number of hydrogen-bond acceptors (Lipinski definition) is 1. The predicted molar refractivity (Wildman–Crippen MR) is 58.9 cm³/mol. The lowest BCUT2D eigenvalue weighted by Gasteiger charge is -2.21. The van der Waals surface area contributed by atoms with Crippen molar-refractivity contribution in [2.24, 2.45) is 11.8 Å². The minimum absolute atomic E-state index is 0.714. The van der Waals surface area contributed by atoms with Crippen LogP contribution in [0.15, 0.2) is 0 Å². The molecule has 0 heterocycles. The summed E-state index contributed by atoms with van der Waals surface area (Å²) in [5.74, 6) is 1.69. The molecule has 0 saturated heterocycles. The molecular weight excluding hydrogens is 158 g/mol. The molecule has 0 radical (unpaired) electrons. The van der Waals surface area contributed by atoms with Gasteiger partial charge in [-0.05, 0) is 38.0 Å². The normalized spacial score (nSPS) is 21.9. The van der Waals surface area contributed by atoms with Gasteiger partial charge >= 0.3 is 0 Å². The fourth-order valence-corrected chi connectivity index (χ4v) is 1.63. The standard InChI is InChI=1S/C12H25N/c1-9(2)5-6-10(3)11(4)13-12-7-8-12/h9-13H,5-8H2,1-4H3. The Morgan fingerprint density at radius 2 is 1.69 bits per heavy atom. The molecule has 1 aliphatic carbocycles. The molecule has 0 aromatic carbocycles. The number of hydrogen-bond donors (Lipinski definition) is 1. The van der Waals surface area contributed by atoms with Crippen molar-refractivity contribution in [2.75, 3.05) is 0 Å². The van der Waals surface area contributed by atoms with Crippen molar-refractivity contribution in [3.8, 4) is 0 Å². The predicted octanol–water partition coefficient (Wildman–Crippen LogP) is 3.20. The summed E-state index contributed by atoms with van der Waals surface area (Å²) in [6.45, 7) is 9.34. The second-order valence-corrected chi connectivity index (χ2v) is 5.18. The number of rotatable bonds is 6. The van der Waals surface area contributed by atoms with Crippen LogP contribution in [-0.2, 0) is 0 Å². The van der Waals surface area contributed by atoms with Gasteiger partial charge in [0.05, 0.1) is 0 Å². The molecule has 1 fully saturated rings. The fraction of sp³-hybridized carbons (Fsp3) is 1.00. The third-order valence-electron chi connectivity index (χ3n) is 3.13. The number of nitrogens with one attached hydrogen (secondary N) is 1. The molecule has 0 spiro atoms. The molecule has 0 aromatic rings. The van der Waals surface area contributed by atoms with Gasteiger partial charge in [-0.2, -0.15) is 0 Å². The van der Waals surface area contributed by atoms with Crippen molar-refractivity contribution in [3.05, 3.63) is 0 Å². The molecule has 1 nitrogen and oxygen atoms in total. The molecule has 1 N–H and O–H groups in total. The lowest BCUT2D eigenvalue weighted by atomic mass is 9.94. The summed E-state index contributed by atoms with van der Waals surface area (Å²) in [6, 6.07) is 1.57. The quantitative estimate of drug-likeness (QED) is 0.667. The molecular formula is C12H25N. The first-order valence-electron chi connectivity index (χ1n) is 5.85. The Morgan fingerprint density at radius 3 is 2.15 bits per heavy atom. The molecule has 1 heteroatoms. The molecule has 1 rings (SSSR count). The Labute approximate surface area is 83.3 Å². The highest BCUT2D eigenvalue weighted by molar-refractivity contribution is 4.84. The Morgan fingerprint density at radius 1 is 1.08 bits per heavy atom. The highest BCUT2D eigenvalue weighted by atomic mass is 15.0. The highest BCUT2D eigenvalue weighted by Gasteiger charge is 2.24. The Bertz CT molecular complexity index is 138. The van der Waals surface area contributed by atoms with Crippen molar-refractivity contribution in [2.45, 2.75) is 65.5 Å². The minimum Gasteiger partial charge on any atom is -0.311 e. The Hall–Kier alpha value is -0.0400. The third kappa shape index (κ3) is 4.66. The van der Waals surface area contributed by atoms with Gasteiger partial charge in [-0.3, -0.25) is 0 Å². The van der Waals surface area contributed by atoms with Crippen LogP contribution in [0.1, 0.15) is 53.4 Å². The van der Waals surface area contributed by atoms with E-state index in [2.05, 4.69) is 33.0 Å². The zero-order valence-corrected chi connectivity index (χ0v) is 9.64. The smallest absolute Gasteiger partial charge is 0.00708 e. The Kier molecular flexibility index (Phi) is 4.24. The van der Waals surface area contributed by atoms with Gasteiger partial charge in [0.2, 0.25) is 0 Å². The third-order valence-corrected chi connectivity index (χ3v) is 3.13. The van der Waals surface area contributed by atoms with Gasteiger partial charge in [0.25, 0.3) is 0 Å². The molecule has 0 amide bonds. The highest BCUT2D eigenvalue weighted by Crippen LogP contribution is 2.22. The zero-order valence-electron chi connectivity index (χ0n) is 9.64. The molecule has 2 atom stereocenters. The van der Waals surface area contributed by atoms with Gasteiger partial charge in [0.15, 0.2) is 0 Å². The van der Waals surface area contributed by atoms with Crippen molar-refractivity contribution < 1.29 is 0 Å². The van der Waals surface area contributed by atoms with Crippen LogP contribution in [0.25, 0.3) is 0 Å². The minimum atomic E-state index is 0.714. The van der Waals surface area contributed by atoms with Gasteiger partial charge < -0.3 is 5.32 Å². The molecule has 78 valence electrons. The van der Waals surface area contributed by atoms with E-state index in [1.807, 2.05) is 0 Å². The molecule has 1 saturated carbocycles. The van der Waals surface area contributed by atoms with Crippen LogP contribution in [-0.4, -0.2) is 12.1 Å². The van der Waals surface area contributed by atoms with E-state index < -0.39 is 0 Å². The van der Waals surface area contributed by atoms with Gasteiger partial charge in [-0.25, -0.2) is 0 Å². The van der Waals surface area contributed by atoms with Crippen molar-refractivity contribution in [1.82, 2.24) is 5.32 Å². The van der Waals surface area contributed by atoms with Crippen molar-refractivity contribution >= 4 is 0 Å². The Balaban J connectivity index is 2.08. The van der Waals surface area contributed by atoms with Crippen LogP contribution in [0.5, 0.6) is 0 Å². The molecule has 1 aliphatic rings. The molecule has 2 unspecified atom stereocenters. The first kappa shape index (κ1) is 11.0. The van der Waals surface area contributed by atoms with E-state index in [0.717, 1.165) is 17.9 Å². The lowest BCUT2D eigenvalue weighted by Crippen LogP contribution is -2.33. The maximum atomic E-state index is 3.68. The summed E-state index contributed by atoms with van der Waals surface area (Å²) in [6.07, 6.45) is 5.55. The summed E-state index contributed by atoms with van der Waals surface area (Å²) < 4.78 is 0. The van der Waals surface area contributed by atoms with Gasteiger partial charge in [0.1, 0.15) is 0 Å². The van der Waals surface area contributed by atoms with Gasteiger partial charge in [-0.15, -0.1) is 0 Å². The maximum Gasteiger partial charge on any atom is 0.00708 e. The largest absolute Gasteiger partial charge is 0.311 e. The van der Waals surface area contributed by atoms with E-state index in [1.54, 1.807) is 0 Å². The van der Waals surface area contributed by atoms with E-state index in [9.17, 15) is 0 Å². The van der Waals surface area contributed by atoms with Crippen molar-refractivity contribution in [3.63, 3.8) is 0 Å². The average Bonchev–Trinajstić information content (AvgIpc) is 2.83. The average molecular weight is 183 g/mol. The van der Waals surface area contributed by atoms with E-state index in [4.69, 9.17) is 0 Å². The van der Waals surface area contributed by atoms with Crippen LogP contribution in [0.4, 0.5) is 0 Å². The zero-order chi connectivity index (χ0) is 9.84. The van der Waals surface area contributed by atoms with E-state index in [-0.39, 0.29) is 0 Å². The summed E-state index contributed by atoms with van der Waals surface area (Å²) in [4.78, 5) is 0. The maximum absolute atomic E-state index is 3.68. The summed E-state index contributed by atoms with van der Waals surface area (Å²) in [5, 5.41) is 3.68. The monoisotopic (exact) mass is 183 g/mol. The second kappa shape index (κ2) is 4.99. The summed E-state index contributed by atoms with van der Waals surface area (Å²) >= 11 is 0. The van der Waals surface area contributed by atoms with Crippen molar-refractivity contribution in [1.29, 1.82) is 0 Å². The van der Waals surface area contributed by atoms with E-state index >= 15 is 0 Å². The topological polar surface area (TPSA) is 12.0 Å². The first-order chi connectivity index (χ1) is 6.09. The summed E-state index contributed by atoms with van der Waals surface area (Å²) in [7, 11) is 0. The lowest BCUT2D eigenvalue weighted by molar-refractivity contribution is 0.350. The SMILES string of the molecule is CC(C)CCC(C)C(C)NC1CC1. The summed E-state index contributed by atoms with van der Waals surface area (Å²) in [5.41, 5.74) is 0. The van der Waals surface area contributed by atoms with Crippen LogP contribution in [0, 0.1) is 11.8 Å². The van der Waals surface area contributed by atoms with Gasteiger partial charge in [0, 0.05) is 12.1 Å². The molecule has 0 aromatic heterocycles. The van der Waals surface area contributed by atoms with E-state index in [1.165, 1.54) is 25.7 Å². The van der Waals surface area contributed by atoms with E-state index in [0.29, 0.717) is 6.04 Å².